The van der Waals surface area contributed by atoms with Crippen LogP contribution in [-0.4, -0.2) is 24.0 Å². The minimum absolute atomic E-state index is 0.511. The van der Waals surface area contributed by atoms with Gasteiger partial charge in [-0.15, -0.1) is 0 Å². The second-order valence-electron chi connectivity index (χ2n) is 5.10. The number of nitrogens with two attached hydrogens (primary N) is 1. The molecule has 2 rings (SSSR count). The predicted molar refractivity (Wildman–Crippen MR) is 80.6 cm³/mol. The molecule has 1 fully saturated rings. The topological polar surface area (TPSA) is 29.3 Å². The first-order chi connectivity index (χ1) is 8.76. The van der Waals surface area contributed by atoms with Gasteiger partial charge in [0.25, 0.3) is 0 Å². The van der Waals surface area contributed by atoms with Gasteiger partial charge in [-0.2, -0.15) is 0 Å². The number of rotatable bonds is 4. The quantitative estimate of drug-likeness (QED) is 0.918. The van der Waals surface area contributed by atoms with Crippen LogP contribution >= 0.6 is 15.9 Å². The second kappa shape index (κ2) is 6.69. The van der Waals surface area contributed by atoms with Crippen molar-refractivity contribution in [1.29, 1.82) is 0 Å². The molecule has 2 N–H and O–H groups in total. The standard InChI is InChI=1S/C15H23BrN2/c1-2-15(12-6-5-7-13(16)10-12)18-9-4-3-8-14(18)11-17/h5-7,10,14-15H,2-4,8-9,11,17H2,1H3. The van der Waals surface area contributed by atoms with Crippen molar-refractivity contribution in [3.63, 3.8) is 0 Å². The number of hydrogen-bond donors (Lipinski definition) is 1. The lowest BCUT2D eigenvalue weighted by molar-refractivity contribution is 0.0959. The predicted octanol–water partition coefficient (Wildman–Crippen LogP) is 3.71. The average Bonchev–Trinajstić information content (AvgIpc) is 2.40. The number of nitrogens with zero attached hydrogens (tertiary/aromatic N) is 1. The summed E-state index contributed by atoms with van der Waals surface area (Å²) >= 11 is 3.57. The summed E-state index contributed by atoms with van der Waals surface area (Å²) in [5.41, 5.74) is 7.35. The molecule has 1 aromatic rings. The zero-order valence-electron chi connectivity index (χ0n) is 11.1. The lowest BCUT2D eigenvalue weighted by Crippen LogP contribution is -2.45. The molecule has 2 nitrogen and oxygen atoms in total. The van der Waals surface area contributed by atoms with Gasteiger partial charge in [-0.25, -0.2) is 0 Å². The van der Waals surface area contributed by atoms with E-state index in [1.165, 1.54) is 35.8 Å². The largest absolute Gasteiger partial charge is 0.329 e. The molecule has 1 saturated heterocycles. The van der Waals surface area contributed by atoms with Gasteiger partial charge in [0.1, 0.15) is 0 Å². The Morgan fingerprint density at radius 2 is 2.28 bits per heavy atom. The van der Waals surface area contributed by atoms with Crippen molar-refractivity contribution in [2.75, 3.05) is 13.1 Å². The van der Waals surface area contributed by atoms with Crippen LogP contribution in [0.1, 0.15) is 44.2 Å². The second-order valence-corrected chi connectivity index (χ2v) is 6.02. The Labute approximate surface area is 119 Å². The highest BCUT2D eigenvalue weighted by Crippen LogP contribution is 2.31. The van der Waals surface area contributed by atoms with Gasteiger partial charge in [-0.3, -0.25) is 4.90 Å². The van der Waals surface area contributed by atoms with Gasteiger partial charge in [0.05, 0.1) is 0 Å². The van der Waals surface area contributed by atoms with Crippen molar-refractivity contribution in [1.82, 2.24) is 4.90 Å². The van der Waals surface area contributed by atoms with E-state index in [-0.39, 0.29) is 0 Å². The van der Waals surface area contributed by atoms with Crippen LogP contribution in [0.2, 0.25) is 0 Å². The van der Waals surface area contributed by atoms with E-state index in [4.69, 9.17) is 5.73 Å². The van der Waals surface area contributed by atoms with E-state index in [0.717, 1.165) is 13.0 Å². The van der Waals surface area contributed by atoms with Crippen molar-refractivity contribution in [2.24, 2.45) is 5.73 Å². The molecule has 2 atom stereocenters. The Hall–Kier alpha value is -0.380. The Morgan fingerprint density at radius 1 is 1.44 bits per heavy atom. The summed E-state index contributed by atoms with van der Waals surface area (Å²) in [6.45, 7) is 4.24. The van der Waals surface area contributed by atoms with Crippen LogP contribution in [0.15, 0.2) is 28.7 Å². The van der Waals surface area contributed by atoms with E-state index in [0.29, 0.717) is 12.1 Å². The van der Waals surface area contributed by atoms with Crippen LogP contribution in [-0.2, 0) is 0 Å². The lowest BCUT2D eigenvalue weighted by Gasteiger charge is -2.41. The zero-order valence-corrected chi connectivity index (χ0v) is 12.7. The Balaban J connectivity index is 2.21. The minimum atomic E-state index is 0.511. The summed E-state index contributed by atoms with van der Waals surface area (Å²) in [6.07, 6.45) is 5.03. The maximum absolute atomic E-state index is 5.94. The third-order valence-electron chi connectivity index (χ3n) is 3.97. The van der Waals surface area contributed by atoms with Crippen molar-refractivity contribution in [3.8, 4) is 0 Å². The molecule has 0 radical (unpaired) electrons. The normalized spacial score (nSPS) is 22.9. The first-order valence-electron chi connectivity index (χ1n) is 6.97. The molecule has 0 saturated carbocycles. The number of hydrogen-bond acceptors (Lipinski definition) is 2. The molecular formula is C15H23BrN2. The molecule has 0 aliphatic carbocycles. The monoisotopic (exact) mass is 310 g/mol. The van der Waals surface area contributed by atoms with Crippen LogP contribution in [0, 0.1) is 0 Å². The molecule has 1 aromatic carbocycles. The van der Waals surface area contributed by atoms with E-state index in [1.54, 1.807) is 0 Å². The fourth-order valence-electron chi connectivity index (χ4n) is 3.06. The maximum atomic E-state index is 5.94. The van der Waals surface area contributed by atoms with E-state index < -0.39 is 0 Å². The molecule has 1 heterocycles. The van der Waals surface area contributed by atoms with Crippen molar-refractivity contribution >= 4 is 15.9 Å². The summed E-state index contributed by atoms with van der Waals surface area (Å²) in [5, 5.41) is 0. The van der Waals surface area contributed by atoms with Gasteiger partial charge in [-0.1, -0.05) is 41.4 Å². The Morgan fingerprint density at radius 3 is 2.94 bits per heavy atom. The van der Waals surface area contributed by atoms with Gasteiger partial charge in [0, 0.05) is 23.1 Å². The Bertz CT molecular complexity index is 381. The first-order valence-corrected chi connectivity index (χ1v) is 7.76. The van der Waals surface area contributed by atoms with Gasteiger partial charge in [0.15, 0.2) is 0 Å². The van der Waals surface area contributed by atoms with Gasteiger partial charge in [-0.05, 0) is 43.5 Å². The smallest absolute Gasteiger partial charge is 0.0349 e. The number of piperidine rings is 1. The van der Waals surface area contributed by atoms with Crippen LogP contribution < -0.4 is 5.73 Å². The lowest BCUT2D eigenvalue weighted by atomic mass is 9.95. The van der Waals surface area contributed by atoms with E-state index >= 15 is 0 Å². The molecule has 1 aliphatic rings. The van der Waals surface area contributed by atoms with E-state index in [9.17, 15) is 0 Å². The Kier molecular flexibility index (Phi) is 5.22. The van der Waals surface area contributed by atoms with Crippen molar-refractivity contribution < 1.29 is 0 Å². The van der Waals surface area contributed by atoms with Crippen LogP contribution in [0.5, 0.6) is 0 Å². The summed E-state index contributed by atoms with van der Waals surface area (Å²) in [5.74, 6) is 0. The number of halogens is 1. The molecule has 3 heteroatoms. The molecule has 2 unspecified atom stereocenters. The maximum Gasteiger partial charge on any atom is 0.0349 e. The van der Waals surface area contributed by atoms with Crippen molar-refractivity contribution in [2.45, 2.75) is 44.7 Å². The highest BCUT2D eigenvalue weighted by atomic mass is 79.9. The highest BCUT2D eigenvalue weighted by molar-refractivity contribution is 9.10. The third kappa shape index (κ3) is 3.14. The average molecular weight is 311 g/mol. The molecular weight excluding hydrogens is 288 g/mol. The molecule has 0 amide bonds. The zero-order chi connectivity index (χ0) is 13.0. The van der Waals surface area contributed by atoms with Crippen LogP contribution in [0.4, 0.5) is 0 Å². The SMILES string of the molecule is CCC(c1cccc(Br)c1)N1CCCCC1CN. The molecule has 0 spiro atoms. The molecule has 18 heavy (non-hydrogen) atoms. The van der Waals surface area contributed by atoms with Crippen LogP contribution in [0.25, 0.3) is 0 Å². The number of benzene rings is 1. The fraction of sp³-hybridized carbons (Fsp3) is 0.600. The van der Waals surface area contributed by atoms with Gasteiger partial charge >= 0.3 is 0 Å². The van der Waals surface area contributed by atoms with Crippen LogP contribution in [0.3, 0.4) is 0 Å². The van der Waals surface area contributed by atoms with Gasteiger partial charge < -0.3 is 5.73 Å². The van der Waals surface area contributed by atoms with E-state index in [1.807, 2.05) is 0 Å². The van der Waals surface area contributed by atoms with Crippen molar-refractivity contribution in [3.05, 3.63) is 34.3 Å². The minimum Gasteiger partial charge on any atom is -0.329 e. The third-order valence-corrected chi connectivity index (χ3v) is 4.46. The summed E-state index contributed by atoms with van der Waals surface area (Å²) in [6, 6.07) is 9.77. The summed E-state index contributed by atoms with van der Waals surface area (Å²) in [7, 11) is 0. The fourth-order valence-corrected chi connectivity index (χ4v) is 3.48. The molecule has 1 aliphatic heterocycles. The van der Waals surface area contributed by atoms with Gasteiger partial charge in [0.2, 0.25) is 0 Å². The summed E-state index contributed by atoms with van der Waals surface area (Å²) in [4.78, 5) is 2.62. The van der Waals surface area contributed by atoms with E-state index in [2.05, 4.69) is 52.0 Å². The molecule has 100 valence electrons. The molecule has 0 aromatic heterocycles. The summed E-state index contributed by atoms with van der Waals surface area (Å²) < 4.78 is 1.17. The highest BCUT2D eigenvalue weighted by Gasteiger charge is 2.27. The first kappa shape index (κ1) is 14.0. The molecule has 0 bridgehead atoms. The number of likely N-dealkylation sites (tertiary alicyclic amines) is 1.